The highest BCUT2D eigenvalue weighted by atomic mass is 19.4. The minimum Gasteiger partial charge on any atom is -0.493 e. The largest absolute Gasteiger partial charge is 0.493 e. The van der Waals surface area contributed by atoms with Gasteiger partial charge >= 0.3 is 18.4 Å². The maximum Gasteiger partial charge on any atom is 0.424 e. The summed E-state index contributed by atoms with van der Waals surface area (Å²) in [7, 11) is 1.08. The molecule has 0 fully saturated rings. The summed E-state index contributed by atoms with van der Waals surface area (Å²) in [6, 6.07) is 9.77. The molecule has 48 heavy (non-hydrogen) atoms. The lowest BCUT2D eigenvalue weighted by Gasteiger charge is -2.33. The Kier molecular flexibility index (Phi) is 10.9. The number of aliphatic hydroxyl groups is 1. The molecular formula is C32H34F7N3O6. The number of ether oxygens (including phenoxy) is 3. The lowest BCUT2D eigenvalue weighted by atomic mass is 9.88. The molecule has 262 valence electrons. The van der Waals surface area contributed by atoms with E-state index in [2.05, 4.69) is 15.0 Å². The highest BCUT2D eigenvalue weighted by molar-refractivity contribution is 5.95. The molecule has 9 nitrogen and oxygen atoms in total. The van der Waals surface area contributed by atoms with Crippen LogP contribution in [0.1, 0.15) is 56.2 Å². The summed E-state index contributed by atoms with van der Waals surface area (Å²) in [5, 5.41) is 15.8. The molecule has 3 N–H and O–H groups in total. The third kappa shape index (κ3) is 9.71. The van der Waals surface area contributed by atoms with E-state index in [9.17, 15) is 45.4 Å². The minimum absolute atomic E-state index is 0.0332. The van der Waals surface area contributed by atoms with Crippen LogP contribution >= 0.6 is 0 Å². The molecule has 0 bridgehead atoms. The van der Waals surface area contributed by atoms with Gasteiger partial charge in [-0.05, 0) is 94.8 Å². The predicted molar refractivity (Wildman–Crippen MR) is 159 cm³/mol. The molecule has 1 atom stereocenters. The van der Waals surface area contributed by atoms with Crippen molar-refractivity contribution in [3.8, 4) is 22.8 Å². The number of hydrogen-bond donors (Lipinski definition) is 3. The number of halogens is 7. The monoisotopic (exact) mass is 689 g/mol. The minimum atomic E-state index is -5.44. The average Bonchev–Trinajstić information content (AvgIpc) is 2.96. The van der Waals surface area contributed by atoms with Crippen molar-refractivity contribution in [1.82, 2.24) is 15.6 Å². The lowest BCUT2D eigenvalue weighted by molar-refractivity contribution is -0.265. The molecule has 0 spiro atoms. The van der Waals surface area contributed by atoms with Gasteiger partial charge in [0.2, 0.25) is 5.60 Å². The van der Waals surface area contributed by atoms with Gasteiger partial charge in [0, 0.05) is 11.1 Å². The molecule has 2 amide bonds. The summed E-state index contributed by atoms with van der Waals surface area (Å²) in [6.45, 7) is 4.64. The molecule has 0 saturated carbocycles. The number of rotatable bonds is 10. The zero-order valence-corrected chi connectivity index (χ0v) is 26.7. The Morgan fingerprint density at radius 2 is 1.50 bits per heavy atom. The molecule has 16 heteroatoms. The summed E-state index contributed by atoms with van der Waals surface area (Å²) in [5.74, 6) is -2.47. The number of carbonyl (C=O) groups excluding carboxylic acids is 2. The van der Waals surface area contributed by atoms with E-state index in [1.807, 2.05) is 5.32 Å². The Morgan fingerprint density at radius 1 is 0.875 bits per heavy atom. The molecule has 0 aliphatic rings. The van der Waals surface area contributed by atoms with Crippen LogP contribution in [0.4, 0.5) is 35.5 Å². The highest BCUT2D eigenvalue weighted by Crippen LogP contribution is 2.40. The van der Waals surface area contributed by atoms with Gasteiger partial charge in [0.25, 0.3) is 5.91 Å². The zero-order valence-electron chi connectivity index (χ0n) is 26.7. The molecule has 2 aromatic carbocycles. The quantitative estimate of drug-likeness (QED) is 0.201. The summed E-state index contributed by atoms with van der Waals surface area (Å²) in [5.41, 5.74) is -7.38. The molecule has 0 radical (unpaired) electrons. The Bertz CT molecular complexity index is 1620. The third-order valence-corrected chi connectivity index (χ3v) is 6.72. The van der Waals surface area contributed by atoms with E-state index in [-0.39, 0.29) is 33.9 Å². The number of nitrogens with zero attached hydrogens (tertiary/aromatic N) is 1. The van der Waals surface area contributed by atoms with Gasteiger partial charge in [-0.2, -0.15) is 26.3 Å². The van der Waals surface area contributed by atoms with Crippen molar-refractivity contribution in [2.75, 3.05) is 20.3 Å². The lowest BCUT2D eigenvalue weighted by Crippen LogP contribution is -2.52. The van der Waals surface area contributed by atoms with Crippen molar-refractivity contribution < 1.29 is 59.6 Å². The molecule has 1 aromatic heterocycles. The summed E-state index contributed by atoms with van der Waals surface area (Å²) in [4.78, 5) is 29.6. The van der Waals surface area contributed by atoms with E-state index in [1.165, 1.54) is 32.0 Å². The number of nitrogens with one attached hydrogen (secondary N) is 2. The van der Waals surface area contributed by atoms with Crippen molar-refractivity contribution in [3.05, 3.63) is 77.2 Å². The first-order valence-electron chi connectivity index (χ1n) is 14.2. The predicted octanol–water partition coefficient (Wildman–Crippen LogP) is 6.78. The van der Waals surface area contributed by atoms with Gasteiger partial charge < -0.3 is 30.0 Å². The first-order valence-corrected chi connectivity index (χ1v) is 14.2. The first kappa shape index (κ1) is 37.9. The second-order valence-corrected chi connectivity index (χ2v) is 12.2. The van der Waals surface area contributed by atoms with Crippen LogP contribution in [0.25, 0.3) is 11.3 Å². The summed E-state index contributed by atoms with van der Waals surface area (Å²) in [6.07, 6.45) is -11.0. The fourth-order valence-corrected chi connectivity index (χ4v) is 4.24. The smallest absolute Gasteiger partial charge is 0.424 e. The Balaban J connectivity index is 2.04. The van der Waals surface area contributed by atoms with Gasteiger partial charge in [-0.1, -0.05) is 0 Å². The molecule has 0 aliphatic heterocycles. The number of carbonyl (C=O) groups is 2. The zero-order chi connectivity index (χ0) is 36.3. The number of aromatic nitrogens is 1. The van der Waals surface area contributed by atoms with Gasteiger partial charge in [0.05, 0.1) is 30.6 Å². The van der Waals surface area contributed by atoms with Crippen molar-refractivity contribution in [3.63, 3.8) is 0 Å². The number of hydrogen-bond acceptors (Lipinski definition) is 7. The Hall–Kier alpha value is -4.60. The Labute approximate surface area is 271 Å². The van der Waals surface area contributed by atoms with Gasteiger partial charge in [-0.3, -0.25) is 4.79 Å². The molecule has 1 heterocycles. The van der Waals surface area contributed by atoms with E-state index < -0.39 is 65.8 Å². The molecule has 0 saturated heterocycles. The van der Waals surface area contributed by atoms with Crippen LogP contribution in [0.3, 0.4) is 0 Å². The van der Waals surface area contributed by atoms with Crippen LogP contribution in [-0.4, -0.2) is 60.3 Å². The highest BCUT2D eigenvalue weighted by Gasteiger charge is 2.56. The van der Waals surface area contributed by atoms with E-state index in [4.69, 9.17) is 9.47 Å². The average molecular weight is 690 g/mol. The van der Waals surface area contributed by atoms with Crippen molar-refractivity contribution in [2.45, 2.75) is 63.7 Å². The normalized spacial score (nSPS) is 13.7. The van der Waals surface area contributed by atoms with Gasteiger partial charge in [-0.15, -0.1) is 0 Å². The standard InChI is InChI=1S/C32H34F7N3O6/c1-28(2,3)48-27(44)42-29(4,5)20-14-22(18-7-10-21(33)11-8-18)41-25(15-20)30(45,32(37,38)39)16-40-26(43)19-9-12-23(24(13-19)46-6)47-17-31(34,35)36/h7-15,45H,16-17H2,1-6H3,(H,40,43)(H,42,44). The second kappa shape index (κ2) is 13.9. The maximum atomic E-state index is 14.7. The molecule has 1 unspecified atom stereocenters. The molecule has 3 rings (SSSR count). The van der Waals surface area contributed by atoms with Crippen LogP contribution in [0.5, 0.6) is 11.5 Å². The fraction of sp³-hybridized carbons (Fsp3) is 0.406. The van der Waals surface area contributed by atoms with Crippen molar-refractivity contribution in [1.29, 1.82) is 0 Å². The van der Waals surface area contributed by atoms with E-state index >= 15 is 0 Å². The topological polar surface area (TPSA) is 119 Å². The van der Waals surface area contributed by atoms with E-state index in [0.29, 0.717) is 0 Å². The summed E-state index contributed by atoms with van der Waals surface area (Å²) >= 11 is 0. The number of methoxy groups -OCH3 is 1. The maximum absolute atomic E-state index is 14.7. The van der Waals surface area contributed by atoms with Crippen molar-refractivity contribution >= 4 is 12.0 Å². The summed E-state index contributed by atoms with van der Waals surface area (Å²) < 4.78 is 110. The van der Waals surface area contributed by atoms with Crippen LogP contribution in [0.15, 0.2) is 54.6 Å². The van der Waals surface area contributed by atoms with Gasteiger partial charge in [-0.25, -0.2) is 14.2 Å². The molecule has 3 aromatic rings. The SMILES string of the molecule is COc1cc(C(=O)NCC(O)(c2cc(C(C)(C)NC(=O)OC(C)(C)C)cc(-c3ccc(F)cc3)n2)C(F)(F)F)ccc1OCC(F)(F)F. The van der Waals surface area contributed by atoms with E-state index in [0.717, 1.165) is 43.5 Å². The Morgan fingerprint density at radius 3 is 2.04 bits per heavy atom. The third-order valence-electron chi connectivity index (χ3n) is 6.72. The molecular weight excluding hydrogens is 655 g/mol. The van der Waals surface area contributed by atoms with Crippen LogP contribution in [0, 0.1) is 5.82 Å². The fourth-order valence-electron chi connectivity index (χ4n) is 4.24. The van der Waals surface area contributed by atoms with Gasteiger partial charge in [0.15, 0.2) is 18.1 Å². The second-order valence-electron chi connectivity index (χ2n) is 12.2. The number of amides is 2. The van der Waals surface area contributed by atoms with Crippen molar-refractivity contribution in [2.24, 2.45) is 0 Å². The van der Waals surface area contributed by atoms with E-state index in [1.54, 1.807) is 20.8 Å². The number of pyridine rings is 1. The first-order chi connectivity index (χ1) is 21.9. The van der Waals surface area contributed by atoms with Crippen LogP contribution in [-0.2, 0) is 15.9 Å². The van der Waals surface area contributed by atoms with Gasteiger partial charge in [0.1, 0.15) is 11.4 Å². The van der Waals surface area contributed by atoms with Crippen LogP contribution in [0.2, 0.25) is 0 Å². The molecule has 0 aliphatic carbocycles. The van der Waals surface area contributed by atoms with Crippen LogP contribution < -0.4 is 20.1 Å². The number of alkyl halides is 6. The number of alkyl carbamates (subject to hydrolysis) is 1. The number of benzene rings is 2.